The van der Waals surface area contributed by atoms with Gasteiger partial charge in [-0.05, 0) is 23.8 Å². The van der Waals surface area contributed by atoms with Gasteiger partial charge in [0.15, 0.2) is 0 Å². The highest BCUT2D eigenvalue weighted by Gasteiger charge is 2.09. The van der Waals surface area contributed by atoms with Crippen LogP contribution in [0.1, 0.15) is 5.56 Å². The first-order valence-electron chi connectivity index (χ1n) is 6.36. The lowest BCUT2D eigenvalue weighted by molar-refractivity contribution is 0.987. The minimum Gasteiger partial charge on any atom is -0.326 e. The molecule has 0 unspecified atom stereocenters. The highest BCUT2D eigenvalue weighted by molar-refractivity contribution is 6.30. The van der Waals surface area contributed by atoms with Crippen LogP contribution in [0.15, 0.2) is 61.1 Å². The molecule has 3 aromatic rings. The third-order valence-electron chi connectivity index (χ3n) is 3.25. The number of para-hydroxylation sites is 1. The molecule has 3 nitrogen and oxygen atoms in total. The van der Waals surface area contributed by atoms with E-state index in [2.05, 4.69) is 4.98 Å². The summed E-state index contributed by atoms with van der Waals surface area (Å²) in [7, 11) is 0. The molecule has 2 aromatic carbocycles. The molecule has 20 heavy (non-hydrogen) atoms. The summed E-state index contributed by atoms with van der Waals surface area (Å²) in [5, 5.41) is 0.724. The van der Waals surface area contributed by atoms with Crippen LogP contribution in [0.25, 0.3) is 16.9 Å². The lowest BCUT2D eigenvalue weighted by Gasteiger charge is -2.12. The van der Waals surface area contributed by atoms with Crippen molar-refractivity contribution in [3.05, 3.63) is 71.6 Å². The van der Waals surface area contributed by atoms with Crippen LogP contribution in [0.4, 0.5) is 0 Å². The van der Waals surface area contributed by atoms with E-state index in [4.69, 9.17) is 17.3 Å². The Labute approximate surface area is 122 Å². The largest absolute Gasteiger partial charge is 0.326 e. The molecule has 0 saturated heterocycles. The van der Waals surface area contributed by atoms with Gasteiger partial charge in [0.25, 0.3) is 0 Å². The molecule has 0 amide bonds. The van der Waals surface area contributed by atoms with Crippen LogP contribution in [0, 0.1) is 0 Å². The minimum atomic E-state index is 0.494. The Kier molecular flexibility index (Phi) is 3.54. The topological polar surface area (TPSA) is 43.8 Å². The smallest absolute Gasteiger partial charge is 0.0997 e. The summed E-state index contributed by atoms with van der Waals surface area (Å²) in [5.41, 5.74) is 10.0. The van der Waals surface area contributed by atoms with Crippen molar-refractivity contribution in [2.24, 2.45) is 5.73 Å². The van der Waals surface area contributed by atoms with E-state index < -0.39 is 0 Å². The summed E-state index contributed by atoms with van der Waals surface area (Å²) in [6, 6.07) is 15.8. The lowest BCUT2D eigenvalue weighted by atomic mass is 10.1. The maximum Gasteiger partial charge on any atom is 0.0997 e. The molecule has 1 aromatic heterocycles. The second-order valence-electron chi connectivity index (χ2n) is 4.49. The highest BCUT2D eigenvalue weighted by Crippen LogP contribution is 2.25. The van der Waals surface area contributed by atoms with Crippen molar-refractivity contribution in [1.82, 2.24) is 9.55 Å². The minimum absolute atomic E-state index is 0.494. The molecule has 0 radical (unpaired) electrons. The van der Waals surface area contributed by atoms with Crippen molar-refractivity contribution in [2.75, 3.05) is 0 Å². The molecule has 0 aliphatic carbocycles. The van der Waals surface area contributed by atoms with Crippen LogP contribution in [0.2, 0.25) is 5.02 Å². The number of benzene rings is 2. The zero-order valence-corrected chi connectivity index (χ0v) is 11.6. The summed E-state index contributed by atoms with van der Waals surface area (Å²) in [4.78, 5) is 4.26. The number of aromatic nitrogens is 2. The monoisotopic (exact) mass is 283 g/mol. The number of nitrogens with zero attached hydrogens (tertiary/aromatic N) is 2. The highest BCUT2D eigenvalue weighted by atomic mass is 35.5. The van der Waals surface area contributed by atoms with Gasteiger partial charge in [-0.2, -0.15) is 0 Å². The second kappa shape index (κ2) is 5.49. The van der Waals surface area contributed by atoms with Crippen LogP contribution in [0.5, 0.6) is 0 Å². The molecule has 100 valence electrons. The molecule has 0 atom stereocenters. The first-order chi connectivity index (χ1) is 9.79. The predicted molar refractivity (Wildman–Crippen MR) is 81.9 cm³/mol. The quantitative estimate of drug-likeness (QED) is 0.797. The average molecular weight is 284 g/mol. The Morgan fingerprint density at radius 2 is 1.80 bits per heavy atom. The van der Waals surface area contributed by atoms with Crippen molar-refractivity contribution in [3.63, 3.8) is 0 Å². The summed E-state index contributed by atoms with van der Waals surface area (Å²) in [6.45, 7) is 0.494. The van der Waals surface area contributed by atoms with Crippen molar-refractivity contribution in [1.29, 1.82) is 0 Å². The molecule has 0 aliphatic rings. The molecule has 1 heterocycles. The number of nitrogens with two attached hydrogens (primary N) is 1. The van der Waals surface area contributed by atoms with E-state index in [9.17, 15) is 0 Å². The van der Waals surface area contributed by atoms with Gasteiger partial charge in [-0.25, -0.2) is 4.98 Å². The van der Waals surface area contributed by atoms with Crippen molar-refractivity contribution in [3.8, 4) is 16.9 Å². The normalized spacial score (nSPS) is 10.7. The number of imidazole rings is 1. The van der Waals surface area contributed by atoms with Crippen LogP contribution >= 0.6 is 11.6 Å². The van der Waals surface area contributed by atoms with Crippen molar-refractivity contribution in [2.45, 2.75) is 6.54 Å². The average Bonchev–Trinajstić information content (AvgIpc) is 2.97. The third-order valence-corrected chi connectivity index (χ3v) is 3.50. The van der Waals surface area contributed by atoms with E-state index >= 15 is 0 Å². The molecule has 0 aliphatic heterocycles. The fourth-order valence-electron chi connectivity index (χ4n) is 2.24. The van der Waals surface area contributed by atoms with E-state index in [1.807, 2.05) is 59.3 Å². The Bertz CT molecular complexity index is 717. The SMILES string of the molecule is NCc1ccccc1-n1cncc1-c1ccc(Cl)cc1. The van der Waals surface area contributed by atoms with Crippen LogP contribution in [-0.2, 0) is 6.54 Å². The van der Waals surface area contributed by atoms with E-state index in [-0.39, 0.29) is 0 Å². The predicted octanol–water partition coefficient (Wildman–Crippen LogP) is 3.65. The molecular formula is C16H14ClN3. The van der Waals surface area contributed by atoms with Gasteiger partial charge in [0.1, 0.15) is 0 Å². The maximum absolute atomic E-state index is 5.94. The fourth-order valence-corrected chi connectivity index (χ4v) is 2.37. The summed E-state index contributed by atoms with van der Waals surface area (Å²) >= 11 is 5.94. The van der Waals surface area contributed by atoms with E-state index in [0.29, 0.717) is 6.54 Å². The number of rotatable bonds is 3. The second-order valence-corrected chi connectivity index (χ2v) is 4.93. The van der Waals surface area contributed by atoms with Crippen LogP contribution in [0.3, 0.4) is 0 Å². The number of hydrogen-bond donors (Lipinski definition) is 1. The molecule has 0 saturated carbocycles. The Morgan fingerprint density at radius 1 is 1.05 bits per heavy atom. The lowest BCUT2D eigenvalue weighted by Crippen LogP contribution is -2.04. The third kappa shape index (κ3) is 2.33. The maximum atomic E-state index is 5.94. The molecule has 2 N–H and O–H groups in total. The van der Waals surface area contributed by atoms with E-state index in [0.717, 1.165) is 27.5 Å². The van der Waals surface area contributed by atoms with Gasteiger partial charge >= 0.3 is 0 Å². The molecule has 0 bridgehead atoms. The first-order valence-corrected chi connectivity index (χ1v) is 6.74. The van der Waals surface area contributed by atoms with Crippen molar-refractivity contribution >= 4 is 11.6 Å². The zero-order chi connectivity index (χ0) is 13.9. The molecule has 3 rings (SSSR count). The Morgan fingerprint density at radius 3 is 2.55 bits per heavy atom. The van der Waals surface area contributed by atoms with E-state index in [1.54, 1.807) is 6.33 Å². The standard InChI is InChI=1S/C16H14ClN3/c17-14-7-5-12(6-8-14)16-10-19-11-20(16)15-4-2-1-3-13(15)9-18/h1-8,10-11H,9,18H2. The number of hydrogen-bond acceptors (Lipinski definition) is 2. The van der Waals surface area contributed by atoms with E-state index in [1.165, 1.54) is 0 Å². The van der Waals surface area contributed by atoms with Gasteiger partial charge in [0, 0.05) is 17.1 Å². The van der Waals surface area contributed by atoms with Gasteiger partial charge in [-0.3, -0.25) is 4.57 Å². The summed E-state index contributed by atoms with van der Waals surface area (Å²) < 4.78 is 2.05. The van der Waals surface area contributed by atoms with Crippen LogP contribution < -0.4 is 5.73 Å². The Balaban J connectivity index is 2.13. The van der Waals surface area contributed by atoms with Gasteiger partial charge < -0.3 is 5.73 Å². The van der Waals surface area contributed by atoms with Gasteiger partial charge in [0.2, 0.25) is 0 Å². The van der Waals surface area contributed by atoms with Gasteiger partial charge in [-0.1, -0.05) is 41.9 Å². The molecule has 4 heteroatoms. The van der Waals surface area contributed by atoms with Gasteiger partial charge in [0.05, 0.1) is 23.9 Å². The fraction of sp³-hybridized carbons (Fsp3) is 0.0625. The van der Waals surface area contributed by atoms with Crippen LogP contribution in [-0.4, -0.2) is 9.55 Å². The zero-order valence-electron chi connectivity index (χ0n) is 10.8. The number of halogens is 1. The van der Waals surface area contributed by atoms with Gasteiger partial charge in [-0.15, -0.1) is 0 Å². The summed E-state index contributed by atoms with van der Waals surface area (Å²) in [5.74, 6) is 0. The Hall–Kier alpha value is -2.10. The molecular weight excluding hydrogens is 270 g/mol. The summed E-state index contributed by atoms with van der Waals surface area (Å²) in [6.07, 6.45) is 3.65. The molecule has 0 spiro atoms. The molecule has 0 fully saturated rings. The van der Waals surface area contributed by atoms with Crippen molar-refractivity contribution < 1.29 is 0 Å². The first kappa shape index (κ1) is 12.9.